The fourth-order valence-corrected chi connectivity index (χ4v) is 1.62. The van der Waals surface area contributed by atoms with Crippen molar-refractivity contribution in [2.24, 2.45) is 5.73 Å². The van der Waals surface area contributed by atoms with Crippen LogP contribution in [0.25, 0.3) is 0 Å². The van der Waals surface area contributed by atoms with Crippen LogP contribution in [0.15, 0.2) is 24.3 Å². The first-order valence-corrected chi connectivity index (χ1v) is 6.63. The molecule has 0 aliphatic heterocycles. The molecular formula is C15H25ClN2O2. The smallest absolute Gasteiger partial charge is 0.220 e. The van der Waals surface area contributed by atoms with Gasteiger partial charge >= 0.3 is 0 Å². The SMILES string of the molecule is Cc1cccc(OCCCC(=O)NC(C)(C)CN)c1.Cl. The minimum Gasteiger partial charge on any atom is -0.494 e. The quantitative estimate of drug-likeness (QED) is 0.760. The van der Waals surface area contributed by atoms with Gasteiger partial charge in [0.05, 0.1) is 6.61 Å². The van der Waals surface area contributed by atoms with Gasteiger partial charge in [-0.25, -0.2) is 0 Å². The fraction of sp³-hybridized carbons (Fsp3) is 0.533. The number of aryl methyl sites for hydroxylation is 1. The van der Waals surface area contributed by atoms with E-state index in [1.165, 1.54) is 5.56 Å². The van der Waals surface area contributed by atoms with Crippen LogP contribution < -0.4 is 15.8 Å². The Bertz CT molecular complexity index is 422. The molecule has 0 aliphatic rings. The largest absolute Gasteiger partial charge is 0.494 e. The summed E-state index contributed by atoms with van der Waals surface area (Å²) in [5, 5.41) is 2.89. The van der Waals surface area contributed by atoms with Crippen LogP contribution in [0.3, 0.4) is 0 Å². The molecular weight excluding hydrogens is 276 g/mol. The second-order valence-electron chi connectivity index (χ2n) is 5.40. The van der Waals surface area contributed by atoms with Gasteiger partial charge in [0.15, 0.2) is 0 Å². The molecule has 0 radical (unpaired) electrons. The van der Waals surface area contributed by atoms with Gasteiger partial charge in [-0.1, -0.05) is 12.1 Å². The summed E-state index contributed by atoms with van der Waals surface area (Å²) in [5.41, 5.74) is 6.39. The van der Waals surface area contributed by atoms with E-state index in [1.807, 2.05) is 45.0 Å². The van der Waals surface area contributed by atoms with E-state index in [-0.39, 0.29) is 23.9 Å². The summed E-state index contributed by atoms with van der Waals surface area (Å²) in [7, 11) is 0. The lowest BCUT2D eigenvalue weighted by Crippen LogP contribution is -2.48. The van der Waals surface area contributed by atoms with Crippen molar-refractivity contribution >= 4 is 18.3 Å². The van der Waals surface area contributed by atoms with Gasteiger partial charge in [-0.05, 0) is 44.9 Å². The molecule has 1 amide bonds. The standard InChI is InChI=1S/C15H24N2O2.ClH/c1-12-6-4-7-13(10-12)19-9-5-8-14(18)17-15(2,3)11-16;/h4,6-7,10H,5,8-9,11,16H2,1-3H3,(H,17,18);1H. The molecule has 0 saturated heterocycles. The number of benzene rings is 1. The molecule has 0 unspecified atom stereocenters. The predicted molar refractivity (Wildman–Crippen MR) is 84.4 cm³/mol. The minimum atomic E-state index is -0.339. The van der Waals surface area contributed by atoms with Crippen molar-refractivity contribution in [3.63, 3.8) is 0 Å². The van der Waals surface area contributed by atoms with Gasteiger partial charge in [0.2, 0.25) is 5.91 Å². The summed E-state index contributed by atoms with van der Waals surface area (Å²) in [4.78, 5) is 11.7. The number of nitrogens with two attached hydrogens (primary N) is 1. The maximum absolute atomic E-state index is 11.7. The molecule has 0 heterocycles. The number of rotatable bonds is 7. The fourth-order valence-electron chi connectivity index (χ4n) is 1.62. The number of halogens is 1. The number of nitrogens with one attached hydrogen (secondary N) is 1. The van der Waals surface area contributed by atoms with Crippen molar-refractivity contribution in [1.82, 2.24) is 5.32 Å². The van der Waals surface area contributed by atoms with Crippen molar-refractivity contribution in [3.8, 4) is 5.75 Å². The Balaban J connectivity index is 0.00000361. The van der Waals surface area contributed by atoms with Gasteiger partial charge < -0.3 is 15.8 Å². The molecule has 0 saturated carbocycles. The van der Waals surface area contributed by atoms with E-state index in [2.05, 4.69) is 5.32 Å². The Labute approximate surface area is 127 Å². The normalized spacial score (nSPS) is 10.6. The molecule has 1 rings (SSSR count). The third kappa shape index (κ3) is 7.36. The minimum absolute atomic E-state index is 0. The van der Waals surface area contributed by atoms with E-state index < -0.39 is 0 Å². The number of hydrogen-bond acceptors (Lipinski definition) is 3. The highest BCUT2D eigenvalue weighted by Gasteiger charge is 2.17. The van der Waals surface area contributed by atoms with E-state index in [0.717, 1.165) is 5.75 Å². The molecule has 3 N–H and O–H groups in total. The highest BCUT2D eigenvalue weighted by atomic mass is 35.5. The molecule has 114 valence electrons. The maximum Gasteiger partial charge on any atom is 0.220 e. The van der Waals surface area contributed by atoms with Crippen LogP contribution in [0.1, 0.15) is 32.3 Å². The zero-order chi connectivity index (χ0) is 14.3. The molecule has 0 atom stereocenters. The first kappa shape index (κ1) is 18.7. The van der Waals surface area contributed by atoms with Gasteiger partial charge in [-0.2, -0.15) is 0 Å². The number of carbonyl (C=O) groups excluding carboxylic acids is 1. The summed E-state index contributed by atoms with van der Waals surface area (Å²) < 4.78 is 5.59. The van der Waals surface area contributed by atoms with Gasteiger partial charge in [-0.15, -0.1) is 12.4 Å². The van der Waals surface area contributed by atoms with Crippen LogP contribution in [0, 0.1) is 6.92 Å². The highest BCUT2D eigenvalue weighted by Crippen LogP contribution is 2.12. The van der Waals surface area contributed by atoms with E-state index in [1.54, 1.807) is 0 Å². The molecule has 0 aromatic heterocycles. The molecule has 0 bridgehead atoms. The maximum atomic E-state index is 11.7. The number of carbonyl (C=O) groups is 1. The van der Waals surface area contributed by atoms with Crippen molar-refractivity contribution in [3.05, 3.63) is 29.8 Å². The average Bonchev–Trinajstić information content (AvgIpc) is 2.34. The summed E-state index contributed by atoms with van der Waals surface area (Å²) in [6.07, 6.45) is 1.15. The molecule has 4 nitrogen and oxygen atoms in total. The third-order valence-corrected chi connectivity index (χ3v) is 2.79. The zero-order valence-electron chi connectivity index (χ0n) is 12.4. The van der Waals surface area contributed by atoms with Crippen LogP contribution in [0.4, 0.5) is 0 Å². The second kappa shape index (κ2) is 8.82. The summed E-state index contributed by atoms with van der Waals surface area (Å²) in [5.74, 6) is 0.867. The van der Waals surface area contributed by atoms with Gasteiger partial charge in [-0.3, -0.25) is 4.79 Å². The lowest BCUT2D eigenvalue weighted by molar-refractivity contribution is -0.122. The number of ether oxygens (including phenoxy) is 1. The lowest BCUT2D eigenvalue weighted by Gasteiger charge is -2.24. The number of hydrogen-bond donors (Lipinski definition) is 2. The zero-order valence-corrected chi connectivity index (χ0v) is 13.3. The molecule has 0 spiro atoms. The summed E-state index contributed by atoms with van der Waals surface area (Å²) in [6.45, 7) is 6.82. The Hall–Kier alpha value is -1.26. The topological polar surface area (TPSA) is 64.3 Å². The van der Waals surface area contributed by atoms with Crippen molar-refractivity contribution in [2.45, 2.75) is 39.2 Å². The van der Waals surface area contributed by atoms with E-state index >= 15 is 0 Å². The summed E-state index contributed by atoms with van der Waals surface area (Å²) >= 11 is 0. The van der Waals surface area contributed by atoms with E-state index in [0.29, 0.717) is 26.0 Å². The molecule has 20 heavy (non-hydrogen) atoms. The van der Waals surface area contributed by atoms with Crippen LogP contribution >= 0.6 is 12.4 Å². The van der Waals surface area contributed by atoms with Crippen molar-refractivity contribution in [2.75, 3.05) is 13.2 Å². The highest BCUT2D eigenvalue weighted by molar-refractivity contribution is 5.85. The van der Waals surface area contributed by atoms with E-state index in [9.17, 15) is 4.79 Å². The molecule has 0 fully saturated rings. The van der Waals surface area contributed by atoms with Crippen LogP contribution in [0.5, 0.6) is 5.75 Å². The summed E-state index contributed by atoms with van der Waals surface area (Å²) in [6, 6.07) is 7.89. The Morgan fingerprint density at radius 1 is 1.40 bits per heavy atom. The molecule has 1 aromatic rings. The Morgan fingerprint density at radius 2 is 2.10 bits per heavy atom. The first-order valence-electron chi connectivity index (χ1n) is 6.63. The van der Waals surface area contributed by atoms with Gasteiger partial charge in [0, 0.05) is 18.5 Å². The van der Waals surface area contributed by atoms with E-state index in [4.69, 9.17) is 10.5 Å². The average molecular weight is 301 g/mol. The molecule has 1 aromatic carbocycles. The predicted octanol–water partition coefficient (Wildman–Crippen LogP) is 2.43. The van der Waals surface area contributed by atoms with Crippen molar-refractivity contribution in [1.29, 1.82) is 0 Å². The number of amides is 1. The van der Waals surface area contributed by atoms with Crippen LogP contribution in [0.2, 0.25) is 0 Å². The van der Waals surface area contributed by atoms with Crippen LogP contribution in [-0.4, -0.2) is 24.6 Å². The second-order valence-corrected chi connectivity index (χ2v) is 5.40. The molecule has 5 heteroatoms. The van der Waals surface area contributed by atoms with Crippen molar-refractivity contribution < 1.29 is 9.53 Å². The third-order valence-electron chi connectivity index (χ3n) is 2.79. The Morgan fingerprint density at radius 3 is 2.70 bits per heavy atom. The molecule has 0 aliphatic carbocycles. The van der Waals surface area contributed by atoms with Gasteiger partial charge in [0.1, 0.15) is 5.75 Å². The lowest BCUT2D eigenvalue weighted by atomic mass is 10.1. The van der Waals surface area contributed by atoms with Gasteiger partial charge in [0.25, 0.3) is 0 Å². The Kier molecular flexibility index (Phi) is 8.26. The monoisotopic (exact) mass is 300 g/mol. The van der Waals surface area contributed by atoms with Crippen LogP contribution in [-0.2, 0) is 4.79 Å². The first-order chi connectivity index (χ1) is 8.93.